The molecule has 0 spiro atoms. The van der Waals surface area contributed by atoms with Gasteiger partial charge in [-0.25, -0.2) is 0 Å². The van der Waals surface area contributed by atoms with Crippen molar-refractivity contribution in [2.24, 2.45) is 0 Å². The first-order chi connectivity index (χ1) is 10.1. The highest BCUT2D eigenvalue weighted by atomic mass is 16.5. The van der Waals surface area contributed by atoms with Gasteiger partial charge in [0.1, 0.15) is 11.7 Å². The number of ether oxygens (including phenoxy) is 1. The normalized spacial score (nSPS) is 11.5. The molecule has 0 aliphatic carbocycles. The van der Waals surface area contributed by atoms with Crippen molar-refractivity contribution in [2.75, 3.05) is 7.11 Å². The summed E-state index contributed by atoms with van der Waals surface area (Å²) in [6, 6.07) is 14.6. The SMILES string of the molecule is COc1ccc(C(C#N)C(=O)c2ccc(C)c(C)c2)cc1. The van der Waals surface area contributed by atoms with Crippen molar-refractivity contribution in [3.05, 3.63) is 64.7 Å². The average molecular weight is 279 g/mol. The number of methoxy groups -OCH3 is 1. The van der Waals surface area contributed by atoms with E-state index < -0.39 is 5.92 Å². The molecule has 0 saturated carbocycles. The van der Waals surface area contributed by atoms with E-state index in [1.54, 1.807) is 37.4 Å². The van der Waals surface area contributed by atoms with E-state index >= 15 is 0 Å². The summed E-state index contributed by atoms with van der Waals surface area (Å²) in [4.78, 5) is 12.5. The molecular formula is C18H17NO2. The third-order valence-corrected chi connectivity index (χ3v) is 3.63. The maximum Gasteiger partial charge on any atom is 0.184 e. The number of carbonyl (C=O) groups is 1. The van der Waals surface area contributed by atoms with Crippen LogP contribution in [0.1, 0.15) is 33.0 Å². The van der Waals surface area contributed by atoms with Crippen LogP contribution in [0.25, 0.3) is 0 Å². The second kappa shape index (κ2) is 6.23. The quantitative estimate of drug-likeness (QED) is 0.800. The van der Waals surface area contributed by atoms with Gasteiger partial charge in [-0.1, -0.05) is 24.3 Å². The first kappa shape index (κ1) is 14.8. The van der Waals surface area contributed by atoms with E-state index in [1.807, 2.05) is 26.0 Å². The molecule has 1 atom stereocenters. The molecule has 0 aliphatic rings. The van der Waals surface area contributed by atoms with Crippen molar-refractivity contribution in [1.82, 2.24) is 0 Å². The molecule has 3 nitrogen and oxygen atoms in total. The number of rotatable bonds is 4. The zero-order valence-electron chi connectivity index (χ0n) is 12.4. The van der Waals surface area contributed by atoms with E-state index in [-0.39, 0.29) is 5.78 Å². The lowest BCUT2D eigenvalue weighted by molar-refractivity contribution is 0.0978. The van der Waals surface area contributed by atoms with Crippen molar-refractivity contribution >= 4 is 5.78 Å². The predicted molar refractivity (Wildman–Crippen MR) is 81.6 cm³/mol. The topological polar surface area (TPSA) is 50.1 Å². The van der Waals surface area contributed by atoms with Gasteiger partial charge in [-0.2, -0.15) is 5.26 Å². The molecule has 0 aromatic heterocycles. The number of benzene rings is 2. The lowest BCUT2D eigenvalue weighted by Crippen LogP contribution is -2.11. The molecule has 2 rings (SSSR count). The number of hydrogen-bond donors (Lipinski definition) is 0. The van der Waals surface area contributed by atoms with Crippen LogP contribution in [0, 0.1) is 25.2 Å². The molecule has 2 aromatic carbocycles. The summed E-state index contributed by atoms with van der Waals surface area (Å²) in [5.41, 5.74) is 3.43. The van der Waals surface area contributed by atoms with Gasteiger partial charge in [-0.15, -0.1) is 0 Å². The molecule has 21 heavy (non-hydrogen) atoms. The monoisotopic (exact) mass is 279 g/mol. The zero-order valence-corrected chi connectivity index (χ0v) is 12.4. The first-order valence-electron chi connectivity index (χ1n) is 6.72. The summed E-state index contributed by atoms with van der Waals surface area (Å²) in [6.45, 7) is 3.95. The Morgan fingerprint density at radius 3 is 2.29 bits per heavy atom. The molecule has 0 aliphatic heterocycles. The predicted octanol–water partition coefficient (Wildman–Crippen LogP) is 3.80. The summed E-state index contributed by atoms with van der Waals surface area (Å²) < 4.78 is 5.09. The van der Waals surface area contributed by atoms with Crippen LogP contribution in [-0.2, 0) is 0 Å². The first-order valence-corrected chi connectivity index (χ1v) is 6.72. The Morgan fingerprint density at radius 2 is 1.76 bits per heavy atom. The van der Waals surface area contributed by atoms with Gasteiger partial charge < -0.3 is 4.74 Å². The van der Waals surface area contributed by atoms with E-state index in [9.17, 15) is 10.1 Å². The fraction of sp³-hybridized carbons (Fsp3) is 0.222. The molecule has 0 N–H and O–H groups in total. The number of aryl methyl sites for hydroxylation is 2. The largest absolute Gasteiger partial charge is 0.497 e. The second-order valence-corrected chi connectivity index (χ2v) is 5.00. The van der Waals surface area contributed by atoms with Crippen molar-refractivity contribution in [1.29, 1.82) is 5.26 Å². The van der Waals surface area contributed by atoms with Crippen molar-refractivity contribution < 1.29 is 9.53 Å². The summed E-state index contributed by atoms with van der Waals surface area (Å²) in [6.07, 6.45) is 0. The molecule has 106 valence electrons. The summed E-state index contributed by atoms with van der Waals surface area (Å²) in [5.74, 6) is -0.266. The molecule has 0 heterocycles. The molecule has 0 fully saturated rings. The van der Waals surface area contributed by atoms with E-state index in [0.29, 0.717) is 16.9 Å². The second-order valence-electron chi connectivity index (χ2n) is 5.00. The van der Waals surface area contributed by atoms with Crippen molar-refractivity contribution in [2.45, 2.75) is 19.8 Å². The van der Waals surface area contributed by atoms with Gasteiger partial charge in [0.25, 0.3) is 0 Å². The highest BCUT2D eigenvalue weighted by Gasteiger charge is 2.22. The Morgan fingerprint density at radius 1 is 1.10 bits per heavy atom. The van der Waals surface area contributed by atoms with Crippen LogP contribution in [0.15, 0.2) is 42.5 Å². The minimum atomic E-state index is -0.794. The Hall–Kier alpha value is -2.60. The zero-order chi connectivity index (χ0) is 15.4. The molecule has 1 unspecified atom stereocenters. The maximum absolute atomic E-state index is 12.5. The molecule has 0 amide bonds. The van der Waals surface area contributed by atoms with E-state index in [2.05, 4.69) is 6.07 Å². The highest BCUT2D eigenvalue weighted by molar-refractivity contribution is 6.02. The van der Waals surface area contributed by atoms with Crippen molar-refractivity contribution in [3.8, 4) is 11.8 Å². The number of nitrogens with zero attached hydrogens (tertiary/aromatic N) is 1. The average Bonchev–Trinajstić information content (AvgIpc) is 2.51. The summed E-state index contributed by atoms with van der Waals surface area (Å²) >= 11 is 0. The third-order valence-electron chi connectivity index (χ3n) is 3.63. The number of ketones is 1. The highest BCUT2D eigenvalue weighted by Crippen LogP contribution is 2.23. The fourth-order valence-corrected chi connectivity index (χ4v) is 2.14. The van der Waals surface area contributed by atoms with Gasteiger partial charge >= 0.3 is 0 Å². The smallest absolute Gasteiger partial charge is 0.184 e. The molecule has 3 heteroatoms. The van der Waals surface area contributed by atoms with Gasteiger partial charge in [-0.3, -0.25) is 4.79 Å². The fourth-order valence-electron chi connectivity index (χ4n) is 2.14. The van der Waals surface area contributed by atoms with Crippen molar-refractivity contribution in [3.63, 3.8) is 0 Å². The number of hydrogen-bond acceptors (Lipinski definition) is 3. The molecule has 2 aromatic rings. The van der Waals surface area contributed by atoms with Gasteiger partial charge in [-0.05, 0) is 48.7 Å². The maximum atomic E-state index is 12.5. The minimum absolute atomic E-state index is 0.175. The third kappa shape index (κ3) is 3.11. The number of nitriles is 1. The van der Waals surface area contributed by atoms with Crippen LogP contribution in [0.3, 0.4) is 0 Å². The summed E-state index contributed by atoms with van der Waals surface area (Å²) in [7, 11) is 1.58. The van der Waals surface area contributed by atoms with Gasteiger partial charge in [0.2, 0.25) is 0 Å². The Labute approximate surface area is 124 Å². The minimum Gasteiger partial charge on any atom is -0.497 e. The Balaban J connectivity index is 2.33. The summed E-state index contributed by atoms with van der Waals surface area (Å²) in [5, 5.41) is 9.36. The molecule has 0 saturated heterocycles. The van der Waals surface area contributed by atoms with Gasteiger partial charge in [0.15, 0.2) is 5.78 Å². The van der Waals surface area contributed by atoms with Crippen LogP contribution < -0.4 is 4.74 Å². The van der Waals surface area contributed by atoms with Crippen LogP contribution in [0.5, 0.6) is 5.75 Å². The lowest BCUT2D eigenvalue weighted by atomic mass is 9.90. The van der Waals surface area contributed by atoms with Crippen LogP contribution in [-0.4, -0.2) is 12.9 Å². The number of carbonyl (C=O) groups excluding carboxylic acids is 1. The van der Waals surface area contributed by atoms with E-state index in [0.717, 1.165) is 11.1 Å². The van der Waals surface area contributed by atoms with Crippen LogP contribution in [0.4, 0.5) is 0 Å². The molecule has 0 bridgehead atoms. The number of Topliss-reactive ketones (excluding diaryl/α,β-unsaturated/α-hetero) is 1. The lowest BCUT2D eigenvalue weighted by Gasteiger charge is -2.11. The molecular weight excluding hydrogens is 262 g/mol. The Kier molecular flexibility index (Phi) is 4.39. The van der Waals surface area contributed by atoms with E-state index in [1.165, 1.54) is 0 Å². The van der Waals surface area contributed by atoms with Crippen LogP contribution in [0.2, 0.25) is 0 Å². The van der Waals surface area contributed by atoms with Gasteiger partial charge in [0, 0.05) is 5.56 Å². The van der Waals surface area contributed by atoms with E-state index in [4.69, 9.17) is 4.74 Å². The standard InChI is InChI=1S/C18H17NO2/c1-12-4-5-15(10-13(12)2)18(20)17(11-19)14-6-8-16(21-3)9-7-14/h4-10,17H,1-3H3. The Bertz CT molecular complexity index is 696. The molecule has 0 radical (unpaired) electrons. The van der Waals surface area contributed by atoms with Crippen LogP contribution >= 0.6 is 0 Å². The van der Waals surface area contributed by atoms with Gasteiger partial charge in [0.05, 0.1) is 13.2 Å².